The molecule has 0 aromatic heterocycles. The molecule has 0 radical (unpaired) electrons. The fraction of sp³-hybridized carbons (Fsp3) is 0.455. The maximum atomic E-state index is 13.3. The molecule has 2 fully saturated rings. The van der Waals surface area contributed by atoms with Crippen molar-refractivity contribution in [1.29, 1.82) is 0 Å². The van der Waals surface area contributed by atoms with Crippen LogP contribution in [0.2, 0.25) is 0 Å². The average molecular weight is 290 g/mol. The minimum atomic E-state index is -2.47. The second kappa shape index (κ2) is 3.48. The summed E-state index contributed by atoms with van der Waals surface area (Å²) in [6.07, 6.45) is -1.81. The fourth-order valence-corrected chi connectivity index (χ4v) is 2.78. The third kappa shape index (κ3) is 1.35. The number of rotatable bonds is 2. The molecule has 1 saturated carbocycles. The summed E-state index contributed by atoms with van der Waals surface area (Å²) in [4.78, 5) is 5.15. The minimum Gasteiger partial charge on any atom is -0.297 e. The molecule has 3 rings (SSSR count). The van der Waals surface area contributed by atoms with Gasteiger partial charge in [0.1, 0.15) is 5.54 Å². The fourth-order valence-electron chi connectivity index (χ4n) is 2.38. The monoisotopic (exact) mass is 289 g/mol. The molecule has 2 nitrogen and oxygen atoms in total. The van der Waals surface area contributed by atoms with E-state index in [1.165, 1.54) is 0 Å². The van der Waals surface area contributed by atoms with Crippen LogP contribution >= 0.6 is 15.9 Å². The predicted molar refractivity (Wildman–Crippen MR) is 57.9 cm³/mol. The molecule has 3 atom stereocenters. The van der Waals surface area contributed by atoms with Crippen LogP contribution in [-0.4, -0.2) is 12.5 Å². The summed E-state index contributed by atoms with van der Waals surface area (Å²) >= 11 is 3.30. The Morgan fingerprint density at radius 3 is 2.81 bits per heavy atom. The van der Waals surface area contributed by atoms with Crippen molar-refractivity contribution >= 4 is 15.9 Å². The van der Waals surface area contributed by atoms with Crippen LogP contribution in [-0.2, 0) is 10.4 Å². The lowest BCUT2D eigenvalue weighted by Gasteiger charge is -2.30. The molecule has 1 aliphatic heterocycles. The van der Waals surface area contributed by atoms with Crippen molar-refractivity contribution in [3.05, 3.63) is 34.3 Å². The molecular formula is C11H10BrF2NO. The van der Waals surface area contributed by atoms with Crippen molar-refractivity contribution in [2.75, 3.05) is 0 Å². The maximum Gasteiger partial charge on any atom is 0.263 e. The highest BCUT2D eigenvalue weighted by Gasteiger charge is 2.65. The van der Waals surface area contributed by atoms with Gasteiger partial charge in [-0.25, -0.2) is 8.78 Å². The first-order valence-corrected chi connectivity index (χ1v) is 5.91. The van der Waals surface area contributed by atoms with Gasteiger partial charge in [-0.3, -0.25) is 4.84 Å². The molecule has 86 valence electrons. The molecule has 16 heavy (non-hydrogen) atoms. The molecule has 0 bridgehead atoms. The normalized spacial score (nSPS) is 36.5. The second-order valence-corrected chi connectivity index (χ2v) is 5.20. The lowest BCUT2D eigenvalue weighted by atomic mass is 9.86. The molecule has 1 aliphatic carbocycles. The Balaban J connectivity index is 2.07. The first kappa shape index (κ1) is 10.6. The summed E-state index contributed by atoms with van der Waals surface area (Å²) in [5.41, 5.74) is 1.80. The van der Waals surface area contributed by atoms with Crippen LogP contribution in [0.5, 0.6) is 0 Å². The van der Waals surface area contributed by atoms with Gasteiger partial charge in [-0.2, -0.15) is 5.48 Å². The van der Waals surface area contributed by atoms with Crippen molar-refractivity contribution < 1.29 is 13.6 Å². The summed E-state index contributed by atoms with van der Waals surface area (Å²) in [6.45, 7) is 0. The highest BCUT2D eigenvalue weighted by molar-refractivity contribution is 9.10. The smallest absolute Gasteiger partial charge is 0.263 e. The van der Waals surface area contributed by atoms with Crippen LogP contribution in [0.15, 0.2) is 28.7 Å². The van der Waals surface area contributed by atoms with Gasteiger partial charge in [-0.1, -0.05) is 28.1 Å². The molecule has 1 aromatic carbocycles. The van der Waals surface area contributed by atoms with E-state index in [2.05, 4.69) is 21.4 Å². The molecule has 0 spiro atoms. The van der Waals surface area contributed by atoms with Crippen molar-refractivity contribution in [1.82, 2.24) is 5.48 Å². The van der Waals surface area contributed by atoms with E-state index in [1.54, 1.807) is 18.2 Å². The summed E-state index contributed by atoms with van der Waals surface area (Å²) in [5, 5.41) is 0. The van der Waals surface area contributed by atoms with E-state index in [1.807, 2.05) is 6.07 Å². The largest absolute Gasteiger partial charge is 0.297 e. The second-order valence-electron chi connectivity index (χ2n) is 4.28. The quantitative estimate of drug-likeness (QED) is 0.904. The Morgan fingerprint density at radius 1 is 1.50 bits per heavy atom. The molecule has 1 saturated heterocycles. The zero-order valence-corrected chi connectivity index (χ0v) is 9.88. The summed E-state index contributed by atoms with van der Waals surface area (Å²) in [6, 6.07) is 7.03. The van der Waals surface area contributed by atoms with Crippen LogP contribution < -0.4 is 5.48 Å². The molecule has 5 heteroatoms. The van der Waals surface area contributed by atoms with E-state index in [-0.39, 0.29) is 12.0 Å². The molecule has 2 aliphatic rings. The van der Waals surface area contributed by atoms with Crippen molar-refractivity contribution in [3.8, 4) is 0 Å². The van der Waals surface area contributed by atoms with E-state index >= 15 is 0 Å². The molecular weight excluding hydrogens is 280 g/mol. The number of hydrogen-bond acceptors (Lipinski definition) is 2. The predicted octanol–water partition coefficient (Wildman–Crippen LogP) is 2.83. The average Bonchev–Trinajstić information content (AvgIpc) is 2.92. The van der Waals surface area contributed by atoms with Gasteiger partial charge < -0.3 is 0 Å². The zero-order valence-electron chi connectivity index (χ0n) is 8.29. The first-order chi connectivity index (χ1) is 7.64. The van der Waals surface area contributed by atoms with Gasteiger partial charge in [-0.05, 0) is 24.1 Å². The Bertz CT molecular complexity index is 428. The summed E-state index contributed by atoms with van der Waals surface area (Å²) in [5.74, 6) is -0.109. The molecule has 1 heterocycles. The van der Waals surface area contributed by atoms with Gasteiger partial charge in [-0.15, -0.1) is 0 Å². The van der Waals surface area contributed by atoms with E-state index in [0.29, 0.717) is 12.0 Å². The van der Waals surface area contributed by atoms with Crippen LogP contribution in [0.4, 0.5) is 8.78 Å². The molecule has 0 amide bonds. The highest BCUT2D eigenvalue weighted by Crippen LogP contribution is 2.55. The number of nitrogens with one attached hydrogen (secondary N) is 1. The van der Waals surface area contributed by atoms with Gasteiger partial charge in [0.15, 0.2) is 0 Å². The number of hydroxylamine groups is 1. The minimum absolute atomic E-state index is 0.0482. The number of alkyl halides is 2. The Morgan fingerprint density at radius 2 is 2.31 bits per heavy atom. The van der Waals surface area contributed by atoms with Gasteiger partial charge >= 0.3 is 0 Å². The van der Waals surface area contributed by atoms with E-state index in [4.69, 9.17) is 4.84 Å². The first-order valence-electron chi connectivity index (χ1n) is 5.11. The lowest BCUT2D eigenvalue weighted by Crippen LogP contribution is -2.46. The van der Waals surface area contributed by atoms with E-state index in [9.17, 15) is 8.78 Å². The number of fused-ring (bicyclic) bond motifs is 1. The Labute approximate surface area is 100 Å². The Hall–Kier alpha value is -0.520. The zero-order chi connectivity index (χ0) is 11.3. The third-order valence-electron chi connectivity index (χ3n) is 3.34. The van der Waals surface area contributed by atoms with Crippen LogP contribution in [0.1, 0.15) is 12.0 Å². The molecule has 3 unspecified atom stereocenters. The molecule has 1 N–H and O–H groups in total. The summed E-state index contributed by atoms with van der Waals surface area (Å²) in [7, 11) is 0. The third-order valence-corrected chi connectivity index (χ3v) is 3.84. The number of halogens is 3. The standard InChI is InChI=1S/C11H10BrF2NO/c12-7-3-1-2-6(4-7)11(10(13)14)8-5-9(8)16-15-11/h1-4,8-10,15H,5H2. The van der Waals surface area contributed by atoms with E-state index in [0.717, 1.165) is 4.47 Å². The van der Waals surface area contributed by atoms with Crippen molar-refractivity contribution in [2.24, 2.45) is 5.92 Å². The van der Waals surface area contributed by atoms with Gasteiger partial charge in [0, 0.05) is 10.4 Å². The topological polar surface area (TPSA) is 21.3 Å². The Kier molecular flexibility index (Phi) is 2.31. The van der Waals surface area contributed by atoms with Crippen molar-refractivity contribution in [3.63, 3.8) is 0 Å². The highest BCUT2D eigenvalue weighted by atomic mass is 79.9. The van der Waals surface area contributed by atoms with Crippen LogP contribution in [0, 0.1) is 5.92 Å². The van der Waals surface area contributed by atoms with Gasteiger partial charge in [0.05, 0.1) is 6.10 Å². The van der Waals surface area contributed by atoms with Crippen LogP contribution in [0.3, 0.4) is 0 Å². The van der Waals surface area contributed by atoms with E-state index < -0.39 is 12.0 Å². The molecule has 1 aromatic rings. The number of hydrogen-bond donors (Lipinski definition) is 1. The van der Waals surface area contributed by atoms with Gasteiger partial charge in [0.25, 0.3) is 6.43 Å². The summed E-state index contributed by atoms with van der Waals surface area (Å²) < 4.78 is 27.5. The number of benzene rings is 1. The maximum absolute atomic E-state index is 13.3. The SMILES string of the molecule is FC(F)C1(c2cccc(Br)c2)NOC2CC21. The lowest BCUT2D eigenvalue weighted by molar-refractivity contribution is -0.0552. The van der Waals surface area contributed by atoms with Gasteiger partial charge in [0.2, 0.25) is 0 Å². The van der Waals surface area contributed by atoms with Crippen molar-refractivity contribution in [2.45, 2.75) is 24.5 Å². The van der Waals surface area contributed by atoms with Crippen LogP contribution in [0.25, 0.3) is 0 Å².